The Morgan fingerprint density at radius 2 is 1.86 bits per heavy atom. The predicted molar refractivity (Wildman–Crippen MR) is 108 cm³/mol. The van der Waals surface area contributed by atoms with Crippen LogP contribution in [-0.4, -0.2) is 5.97 Å². The van der Waals surface area contributed by atoms with E-state index in [-0.39, 0.29) is 40.5 Å². The van der Waals surface area contributed by atoms with Gasteiger partial charge in [-0.25, -0.2) is 13.2 Å². The monoisotopic (exact) mass is 516 g/mol. The summed E-state index contributed by atoms with van der Waals surface area (Å²) in [6.45, 7) is 3.66. The Morgan fingerprint density at radius 1 is 1.14 bits per heavy atom. The molecule has 0 aliphatic heterocycles. The summed E-state index contributed by atoms with van der Waals surface area (Å²) < 4.78 is 48.0. The van der Waals surface area contributed by atoms with Crippen LogP contribution in [0, 0.1) is 34.7 Å². The van der Waals surface area contributed by atoms with Gasteiger partial charge in [-0.05, 0) is 55.3 Å². The maximum absolute atomic E-state index is 14.8. The van der Waals surface area contributed by atoms with Gasteiger partial charge < -0.3 is 4.74 Å². The van der Waals surface area contributed by atoms with Crippen molar-refractivity contribution in [3.63, 3.8) is 0 Å². The van der Waals surface area contributed by atoms with Gasteiger partial charge in [-0.1, -0.05) is 38.1 Å². The second kappa shape index (κ2) is 8.03. The Hall–Kier alpha value is -1.60. The minimum absolute atomic E-state index is 0.0122. The van der Waals surface area contributed by atoms with Crippen molar-refractivity contribution in [3.8, 4) is 11.1 Å². The molecule has 148 valence electrons. The molecule has 1 aliphatic rings. The molecular weight excluding hydrogens is 501 g/mol. The highest BCUT2D eigenvalue weighted by molar-refractivity contribution is 9.28. The Balaban J connectivity index is 1.76. The van der Waals surface area contributed by atoms with Gasteiger partial charge in [0, 0.05) is 22.8 Å². The van der Waals surface area contributed by atoms with Crippen molar-refractivity contribution in [1.29, 1.82) is 0 Å². The molecule has 2 aromatic carbocycles. The normalized spacial score (nSPS) is 19.8. The Labute approximate surface area is 178 Å². The molecule has 0 N–H and O–H groups in total. The molecule has 0 heterocycles. The van der Waals surface area contributed by atoms with E-state index >= 15 is 0 Å². The Kier molecular flexibility index (Phi) is 6.05. The van der Waals surface area contributed by atoms with Crippen molar-refractivity contribution < 1.29 is 22.7 Å². The van der Waals surface area contributed by atoms with Crippen molar-refractivity contribution in [3.05, 3.63) is 68.9 Å². The van der Waals surface area contributed by atoms with Crippen LogP contribution in [0.2, 0.25) is 0 Å². The number of rotatable bonds is 5. The fraction of sp³-hybridized carbons (Fsp3) is 0.286. The van der Waals surface area contributed by atoms with Crippen molar-refractivity contribution in [2.24, 2.45) is 17.3 Å². The molecule has 2 nitrogen and oxygen atoms in total. The first-order valence-electron chi connectivity index (χ1n) is 8.55. The zero-order chi connectivity index (χ0) is 20.6. The van der Waals surface area contributed by atoms with Crippen LogP contribution in [-0.2, 0) is 16.1 Å². The van der Waals surface area contributed by atoms with E-state index in [1.165, 1.54) is 18.2 Å². The number of hydrogen-bond donors (Lipinski definition) is 0. The van der Waals surface area contributed by atoms with Crippen LogP contribution in [0.5, 0.6) is 0 Å². The molecule has 1 aliphatic carbocycles. The molecule has 3 rings (SSSR count). The quantitative estimate of drug-likeness (QED) is 0.411. The standard InChI is InChI=1S/C21H17Br2F3O2/c1-21(2)15(9-17(22)23)18(21)20(27)28-10-11-4-3-5-14(19(11)26)13-7-6-12(24)8-16(13)25/h3-9,15,18H,10H2,1-2H3/t15-,18-/m0/s1. The van der Waals surface area contributed by atoms with E-state index in [4.69, 9.17) is 4.74 Å². The van der Waals surface area contributed by atoms with Crippen molar-refractivity contribution in [2.75, 3.05) is 0 Å². The fourth-order valence-electron chi connectivity index (χ4n) is 3.42. The SMILES string of the molecule is CC1(C)[C@H](C(=O)OCc2cccc(-c3ccc(F)cc3F)c2F)[C@@H]1C=C(Br)Br. The highest BCUT2D eigenvalue weighted by Crippen LogP contribution is 2.60. The van der Waals surface area contributed by atoms with Gasteiger partial charge in [0.25, 0.3) is 0 Å². The third kappa shape index (κ3) is 4.20. The number of esters is 1. The first kappa shape index (κ1) is 21.1. The van der Waals surface area contributed by atoms with Gasteiger partial charge >= 0.3 is 5.97 Å². The van der Waals surface area contributed by atoms with Crippen LogP contribution in [0.4, 0.5) is 13.2 Å². The highest BCUT2D eigenvalue weighted by atomic mass is 79.9. The zero-order valence-corrected chi connectivity index (χ0v) is 18.3. The van der Waals surface area contributed by atoms with Crippen LogP contribution < -0.4 is 0 Å². The van der Waals surface area contributed by atoms with Crippen LogP contribution in [0.1, 0.15) is 19.4 Å². The van der Waals surface area contributed by atoms with Crippen LogP contribution in [0.3, 0.4) is 0 Å². The number of carbonyl (C=O) groups is 1. The maximum Gasteiger partial charge on any atom is 0.310 e. The summed E-state index contributed by atoms with van der Waals surface area (Å²) in [5.41, 5.74) is -0.187. The number of hydrogen-bond acceptors (Lipinski definition) is 2. The molecule has 2 aromatic rings. The van der Waals surface area contributed by atoms with Gasteiger partial charge in [-0.3, -0.25) is 4.79 Å². The zero-order valence-electron chi connectivity index (χ0n) is 15.1. The second-order valence-electron chi connectivity index (χ2n) is 7.29. The van der Waals surface area contributed by atoms with E-state index in [0.717, 1.165) is 9.46 Å². The first-order chi connectivity index (χ1) is 13.1. The topological polar surface area (TPSA) is 26.3 Å². The van der Waals surface area contributed by atoms with Gasteiger partial charge in [-0.2, -0.15) is 0 Å². The predicted octanol–water partition coefficient (Wildman–Crippen LogP) is 6.72. The average molecular weight is 518 g/mol. The highest BCUT2D eigenvalue weighted by Gasteiger charge is 2.61. The van der Waals surface area contributed by atoms with Gasteiger partial charge in [-0.15, -0.1) is 0 Å². The molecule has 0 spiro atoms. The molecule has 2 atom stereocenters. The lowest BCUT2D eigenvalue weighted by atomic mass is 10.0. The summed E-state index contributed by atoms with van der Waals surface area (Å²) in [6.07, 6.45) is 1.89. The smallest absolute Gasteiger partial charge is 0.310 e. The van der Waals surface area contributed by atoms with Gasteiger partial charge in [0.15, 0.2) is 0 Å². The van der Waals surface area contributed by atoms with Crippen LogP contribution in [0.25, 0.3) is 11.1 Å². The Morgan fingerprint density at radius 3 is 2.50 bits per heavy atom. The summed E-state index contributed by atoms with van der Waals surface area (Å²) in [7, 11) is 0. The van der Waals surface area contributed by atoms with Crippen LogP contribution >= 0.6 is 31.9 Å². The van der Waals surface area contributed by atoms with Crippen molar-refractivity contribution >= 4 is 37.8 Å². The number of allylic oxidation sites excluding steroid dienone is 1. The van der Waals surface area contributed by atoms with E-state index in [9.17, 15) is 18.0 Å². The number of benzene rings is 2. The van der Waals surface area contributed by atoms with Crippen molar-refractivity contribution in [1.82, 2.24) is 0 Å². The summed E-state index contributed by atoms with van der Waals surface area (Å²) in [5, 5.41) is 0. The number of halogens is 5. The molecule has 1 saturated carbocycles. The van der Waals surface area contributed by atoms with Crippen molar-refractivity contribution in [2.45, 2.75) is 20.5 Å². The van der Waals surface area contributed by atoms with Gasteiger partial charge in [0.1, 0.15) is 24.1 Å². The largest absolute Gasteiger partial charge is 0.460 e. The third-order valence-corrected chi connectivity index (χ3v) is 5.67. The summed E-state index contributed by atoms with van der Waals surface area (Å²) in [4.78, 5) is 12.4. The molecule has 0 unspecified atom stereocenters. The lowest BCUT2D eigenvalue weighted by molar-refractivity contribution is -0.147. The molecule has 28 heavy (non-hydrogen) atoms. The van der Waals surface area contributed by atoms with E-state index in [0.29, 0.717) is 6.07 Å². The first-order valence-corrected chi connectivity index (χ1v) is 10.1. The fourth-order valence-corrected chi connectivity index (χ4v) is 3.99. The molecule has 0 radical (unpaired) electrons. The molecule has 7 heteroatoms. The third-order valence-electron chi connectivity index (χ3n) is 5.14. The summed E-state index contributed by atoms with van der Waals surface area (Å²) in [5.74, 6) is -3.02. The average Bonchev–Trinajstić information content (AvgIpc) is 3.13. The van der Waals surface area contributed by atoms with Crippen LogP contribution in [0.15, 0.2) is 45.9 Å². The van der Waals surface area contributed by atoms with Gasteiger partial charge in [0.2, 0.25) is 0 Å². The minimum atomic E-state index is -0.859. The van der Waals surface area contributed by atoms with E-state index in [1.807, 2.05) is 19.9 Å². The number of carbonyl (C=O) groups excluding carboxylic acids is 1. The summed E-state index contributed by atoms with van der Waals surface area (Å²) in [6, 6.07) is 7.36. The lowest BCUT2D eigenvalue weighted by Crippen LogP contribution is -2.11. The molecule has 0 bridgehead atoms. The molecular formula is C21H17Br2F3O2. The molecule has 1 fully saturated rings. The second-order valence-corrected chi connectivity index (χ2v) is 10.1. The van der Waals surface area contributed by atoms with E-state index < -0.39 is 23.4 Å². The Bertz CT molecular complexity index is 953. The van der Waals surface area contributed by atoms with Gasteiger partial charge in [0.05, 0.1) is 9.31 Å². The lowest BCUT2D eigenvalue weighted by Gasteiger charge is -2.11. The molecule has 0 saturated heterocycles. The maximum atomic E-state index is 14.8. The van der Waals surface area contributed by atoms with E-state index in [1.54, 1.807) is 6.07 Å². The summed E-state index contributed by atoms with van der Waals surface area (Å²) >= 11 is 6.58. The minimum Gasteiger partial charge on any atom is -0.460 e. The van der Waals surface area contributed by atoms with E-state index in [2.05, 4.69) is 31.9 Å². The molecule has 0 aromatic heterocycles. The number of ether oxygens (including phenoxy) is 1. The molecule has 0 amide bonds.